The Hall–Kier alpha value is -2.80. The van der Waals surface area contributed by atoms with Crippen LogP contribution >= 0.6 is 0 Å². The van der Waals surface area contributed by atoms with E-state index in [1.54, 1.807) is 12.1 Å². The zero-order valence-corrected chi connectivity index (χ0v) is 16.0. The number of nitrogens with one attached hydrogen (secondary N) is 1. The topological polar surface area (TPSA) is 62.1 Å². The second-order valence-electron chi connectivity index (χ2n) is 7.64. The van der Waals surface area contributed by atoms with E-state index in [1.165, 1.54) is 0 Å². The average molecular weight is 362 g/mol. The van der Waals surface area contributed by atoms with Crippen molar-refractivity contribution in [3.63, 3.8) is 0 Å². The molecule has 1 aliphatic rings. The van der Waals surface area contributed by atoms with E-state index in [4.69, 9.17) is 4.74 Å². The van der Waals surface area contributed by atoms with Crippen molar-refractivity contribution in [2.45, 2.75) is 44.9 Å². The smallest absolute Gasteiger partial charge is 0.235 e. The van der Waals surface area contributed by atoms with Crippen LogP contribution in [0.4, 0.5) is 5.69 Å². The lowest BCUT2D eigenvalue weighted by Gasteiger charge is -2.28. The Balaban J connectivity index is 1.81. The molecular formula is C23H26N2O2. The molecule has 0 radical (unpaired) electrons. The van der Waals surface area contributed by atoms with Gasteiger partial charge in [-0.2, -0.15) is 5.26 Å². The fourth-order valence-electron chi connectivity index (χ4n) is 3.71. The summed E-state index contributed by atoms with van der Waals surface area (Å²) in [5, 5.41) is 12.5. The summed E-state index contributed by atoms with van der Waals surface area (Å²) in [5.74, 6) is 0.942. The van der Waals surface area contributed by atoms with E-state index in [9.17, 15) is 10.1 Å². The molecule has 1 saturated carbocycles. The van der Waals surface area contributed by atoms with E-state index in [0.717, 1.165) is 31.2 Å². The summed E-state index contributed by atoms with van der Waals surface area (Å²) < 4.78 is 5.70. The van der Waals surface area contributed by atoms with E-state index < -0.39 is 5.41 Å². The molecule has 2 aromatic carbocycles. The van der Waals surface area contributed by atoms with Crippen LogP contribution in [0.2, 0.25) is 0 Å². The number of hydrogen-bond acceptors (Lipinski definition) is 3. The zero-order valence-electron chi connectivity index (χ0n) is 16.0. The summed E-state index contributed by atoms with van der Waals surface area (Å²) >= 11 is 0. The van der Waals surface area contributed by atoms with Gasteiger partial charge in [0.2, 0.25) is 5.91 Å². The molecule has 0 bridgehead atoms. The van der Waals surface area contributed by atoms with Crippen LogP contribution in [0.3, 0.4) is 0 Å². The minimum atomic E-state index is -0.485. The van der Waals surface area contributed by atoms with Crippen LogP contribution in [0.15, 0.2) is 48.5 Å². The maximum Gasteiger partial charge on any atom is 0.235 e. The number of rotatable bonds is 6. The number of amides is 1. The lowest BCUT2D eigenvalue weighted by atomic mass is 9.78. The molecule has 0 heterocycles. The SMILES string of the molecule is CC(C)COc1ccc(NC(=O)C2(c3ccccc3)CCCC2)cc1C#N. The van der Waals surface area contributed by atoms with Gasteiger partial charge in [-0.15, -0.1) is 0 Å². The number of anilines is 1. The van der Waals surface area contributed by atoms with Gasteiger partial charge in [-0.05, 0) is 42.5 Å². The number of ether oxygens (including phenoxy) is 1. The molecule has 1 N–H and O–H groups in total. The second-order valence-corrected chi connectivity index (χ2v) is 7.64. The highest BCUT2D eigenvalue weighted by molar-refractivity contribution is 5.99. The van der Waals surface area contributed by atoms with E-state index >= 15 is 0 Å². The fraction of sp³-hybridized carbons (Fsp3) is 0.391. The monoisotopic (exact) mass is 362 g/mol. The van der Waals surface area contributed by atoms with Crippen LogP contribution in [-0.2, 0) is 10.2 Å². The van der Waals surface area contributed by atoms with Gasteiger partial charge in [0.1, 0.15) is 11.8 Å². The van der Waals surface area contributed by atoms with Gasteiger partial charge in [0, 0.05) is 5.69 Å². The lowest BCUT2D eigenvalue weighted by molar-refractivity contribution is -0.121. The first-order valence-electron chi connectivity index (χ1n) is 9.59. The predicted octanol–water partition coefficient (Wildman–Crippen LogP) is 5.04. The third kappa shape index (κ3) is 4.14. The van der Waals surface area contributed by atoms with Crippen LogP contribution in [0.25, 0.3) is 0 Å². The first-order valence-corrected chi connectivity index (χ1v) is 9.59. The molecule has 0 aliphatic heterocycles. The van der Waals surface area contributed by atoms with Gasteiger partial charge < -0.3 is 10.1 Å². The van der Waals surface area contributed by atoms with Crippen LogP contribution < -0.4 is 10.1 Å². The number of carbonyl (C=O) groups is 1. The fourth-order valence-corrected chi connectivity index (χ4v) is 3.71. The molecule has 4 nitrogen and oxygen atoms in total. The number of nitriles is 1. The highest BCUT2D eigenvalue weighted by Gasteiger charge is 2.42. The van der Waals surface area contributed by atoms with E-state index in [0.29, 0.717) is 29.5 Å². The quantitative estimate of drug-likeness (QED) is 0.783. The predicted molar refractivity (Wildman–Crippen MR) is 107 cm³/mol. The summed E-state index contributed by atoms with van der Waals surface area (Å²) in [4.78, 5) is 13.2. The van der Waals surface area contributed by atoms with Crippen molar-refractivity contribution in [2.75, 3.05) is 11.9 Å². The van der Waals surface area contributed by atoms with Gasteiger partial charge in [0.25, 0.3) is 0 Å². The van der Waals surface area contributed by atoms with Gasteiger partial charge in [-0.25, -0.2) is 0 Å². The van der Waals surface area contributed by atoms with E-state index in [-0.39, 0.29) is 5.91 Å². The molecule has 0 aromatic heterocycles. The van der Waals surface area contributed by atoms with Crippen molar-refractivity contribution in [2.24, 2.45) is 5.92 Å². The molecule has 2 aromatic rings. The van der Waals surface area contributed by atoms with Gasteiger partial charge in [-0.1, -0.05) is 57.0 Å². The Morgan fingerprint density at radius 3 is 2.52 bits per heavy atom. The maximum absolute atomic E-state index is 13.2. The van der Waals surface area contributed by atoms with Crippen LogP contribution in [0, 0.1) is 17.2 Å². The van der Waals surface area contributed by atoms with E-state index in [2.05, 4.69) is 25.2 Å². The summed E-state index contributed by atoms with van der Waals surface area (Å²) in [7, 11) is 0. The first-order chi connectivity index (χ1) is 13.0. The molecule has 3 rings (SSSR count). The Kier molecular flexibility index (Phi) is 5.81. The number of hydrogen-bond donors (Lipinski definition) is 1. The Morgan fingerprint density at radius 1 is 1.19 bits per heavy atom. The molecule has 140 valence electrons. The van der Waals surface area contributed by atoms with Gasteiger partial charge in [0.15, 0.2) is 0 Å². The lowest BCUT2D eigenvalue weighted by Crippen LogP contribution is -2.37. The van der Waals surface area contributed by atoms with Crippen LogP contribution in [0.5, 0.6) is 5.75 Å². The number of benzene rings is 2. The molecule has 4 heteroatoms. The van der Waals surface area contributed by atoms with Gasteiger partial charge in [-0.3, -0.25) is 4.79 Å². The molecule has 0 saturated heterocycles. The standard InChI is InChI=1S/C23H26N2O2/c1-17(2)16-27-21-11-10-20(14-18(21)15-24)25-22(26)23(12-6-7-13-23)19-8-4-3-5-9-19/h3-5,8-11,14,17H,6-7,12-13,16H2,1-2H3,(H,25,26). The zero-order chi connectivity index (χ0) is 19.3. The van der Waals surface area contributed by atoms with E-state index in [1.807, 2.05) is 36.4 Å². The molecular weight excluding hydrogens is 336 g/mol. The molecule has 0 spiro atoms. The van der Waals surface area contributed by atoms with Crippen LogP contribution in [-0.4, -0.2) is 12.5 Å². The Morgan fingerprint density at radius 2 is 1.89 bits per heavy atom. The highest BCUT2D eigenvalue weighted by Crippen LogP contribution is 2.42. The van der Waals surface area contributed by atoms with Crippen molar-refractivity contribution in [1.29, 1.82) is 5.26 Å². The van der Waals surface area contributed by atoms with Gasteiger partial charge >= 0.3 is 0 Å². The van der Waals surface area contributed by atoms with Crippen LogP contribution in [0.1, 0.15) is 50.7 Å². The molecule has 1 amide bonds. The highest BCUT2D eigenvalue weighted by atomic mass is 16.5. The minimum absolute atomic E-state index is 0.00550. The summed E-state index contributed by atoms with van der Waals surface area (Å²) in [5.41, 5.74) is 1.66. The normalized spacial score (nSPS) is 15.3. The Labute approximate surface area is 161 Å². The minimum Gasteiger partial charge on any atom is -0.492 e. The number of nitrogens with zero attached hydrogens (tertiary/aromatic N) is 1. The third-order valence-corrected chi connectivity index (χ3v) is 5.15. The first kappa shape index (κ1) is 19.0. The summed E-state index contributed by atoms with van der Waals surface area (Å²) in [6.45, 7) is 4.67. The largest absolute Gasteiger partial charge is 0.492 e. The summed E-state index contributed by atoms with van der Waals surface area (Å²) in [6, 6.07) is 17.4. The van der Waals surface area contributed by atoms with Crippen molar-refractivity contribution < 1.29 is 9.53 Å². The Bertz CT molecular complexity index is 831. The van der Waals surface area contributed by atoms with Crippen molar-refractivity contribution in [1.82, 2.24) is 0 Å². The third-order valence-electron chi connectivity index (χ3n) is 5.15. The van der Waals surface area contributed by atoms with Crippen molar-refractivity contribution in [3.8, 4) is 11.8 Å². The molecule has 0 atom stereocenters. The molecule has 1 fully saturated rings. The molecule has 1 aliphatic carbocycles. The average Bonchev–Trinajstić information content (AvgIpc) is 3.18. The molecule has 27 heavy (non-hydrogen) atoms. The molecule has 0 unspecified atom stereocenters. The van der Waals surface area contributed by atoms with Crippen molar-refractivity contribution >= 4 is 11.6 Å². The summed E-state index contributed by atoms with van der Waals surface area (Å²) in [6.07, 6.45) is 3.80. The maximum atomic E-state index is 13.2. The number of carbonyl (C=O) groups excluding carboxylic acids is 1. The van der Waals surface area contributed by atoms with Crippen molar-refractivity contribution in [3.05, 3.63) is 59.7 Å². The van der Waals surface area contributed by atoms with Gasteiger partial charge in [0.05, 0.1) is 17.6 Å². The second kappa shape index (κ2) is 8.26.